The minimum atomic E-state index is -0.521. The van der Waals surface area contributed by atoms with Crippen LogP contribution in [0.4, 0.5) is 5.82 Å². The van der Waals surface area contributed by atoms with E-state index in [1.54, 1.807) is 6.07 Å². The van der Waals surface area contributed by atoms with Gasteiger partial charge in [0.15, 0.2) is 0 Å². The largest absolute Gasteiger partial charge is 0.365 e. The van der Waals surface area contributed by atoms with Crippen molar-refractivity contribution in [2.75, 3.05) is 0 Å². The molecule has 0 fully saturated rings. The van der Waals surface area contributed by atoms with Crippen molar-refractivity contribution in [3.05, 3.63) is 30.4 Å². The molecule has 6 heteroatoms. The molecular weight excluding hydrogens is 327 g/mol. The lowest BCUT2D eigenvalue weighted by atomic mass is 10.5. The van der Waals surface area contributed by atoms with Gasteiger partial charge in [-0.15, -0.1) is 0 Å². The Morgan fingerprint density at radius 3 is 2.73 bits per heavy atom. The molecule has 0 aromatic carbocycles. The van der Waals surface area contributed by atoms with Gasteiger partial charge in [0, 0.05) is 31.6 Å². The third kappa shape index (κ3) is 2.37. The van der Waals surface area contributed by atoms with Gasteiger partial charge in [-0.1, -0.05) is 0 Å². The van der Waals surface area contributed by atoms with E-state index >= 15 is 0 Å². The summed E-state index contributed by atoms with van der Waals surface area (Å²) in [4.78, 5) is 13.3. The fraction of sp³-hybridized carbons (Fsp3) is 0. The van der Waals surface area contributed by atoms with Gasteiger partial charge >= 0.3 is 5.82 Å². The van der Waals surface area contributed by atoms with Crippen LogP contribution in [0.2, 0.25) is 0 Å². The van der Waals surface area contributed by atoms with Crippen LogP contribution in [0.5, 0.6) is 0 Å². The van der Waals surface area contributed by atoms with Crippen LogP contribution < -0.4 is 0 Å². The van der Waals surface area contributed by atoms with Crippen LogP contribution in [-0.4, -0.2) is 9.91 Å². The van der Waals surface area contributed by atoms with Crippen LogP contribution >= 0.6 is 38.5 Å². The highest BCUT2D eigenvalue weighted by Gasteiger charge is 2.09. The first-order chi connectivity index (χ1) is 5.09. The Balaban J connectivity index is 3.19. The molecule has 0 amide bonds. The quantitative estimate of drug-likeness (QED) is 0.344. The van der Waals surface area contributed by atoms with Gasteiger partial charge in [0.05, 0.1) is 0 Å². The number of pyridine rings is 1. The second kappa shape index (κ2) is 3.44. The Hall–Kier alpha value is -0.240. The Kier molecular flexibility index (Phi) is 2.77. The normalized spacial score (nSPS) is 9.64. The molecule has 4 nitrogen and oxygen atoms in total. The molecule has 1 aromatic heterocycles. The maximum Gasteiger partial charge on any atom is 0.365 e. The lowest BCUT2D eigenvalue weighted by molar-refractivity contribution is -0.389. The summed E-state index contributed by atoms with van der Waals surface area (Å²) in [5.74, 6) is -0.135. The van der Waals surface area contributed by atoms with Crippen LogP contribution in [0.25, 0.3) is 0 Å². The van der Waals surface area contributed by atoms with E-state index in [0.717, 1.165) is 3.57 Å². The molecule has 0 unspecified atom stereocenters. The van der Waals surface area contributed by atoms with Gasteiger partial charge in [0.2, 0.25) is 4.60 Å². The molecule has 0 saturated heterocycles. The van der Waals surface area contributed by atoms with Crippen molar-refractivity contribution in [1.29, 1.82) is 0 Å². The SMILES string of the molecule is O=[N+]([O-])c1cc(I)cc(Br)n1. The standard InChI is InChI=1S/C5H2BrIN2O2/c6-4-1-3(7)2-5(8-4)9(10)11/h1-2H. The number of hydrogen-bond acceptors (Lipinski definition) is 3. The number of nitrogens with zero attached hydrogens (tertiary/aromatic N) is 2. The Bertz CT molecular complexity index is 284. The summed E-state index contributed by atoms with van der Waals surface area (Å²) in [5, 5.41) is 10.2. The highest BCUT2D eigenvalue weighted by molar-refractivity contribution is 14.1. The van der Waals surface area contributed by atoms with Crippen molar-refractivity contribution in [3.63, 3.8) is 0 Å². The maximum atomic E-state index is 10.2. The average Bonchev–Trinajstić information content (AvgIpc) is 1.85. The average molecular weight is 329 g/mol. The molecule has 0 saturated carbocycles. The van der Waals surface area contributed by atoms with Crippen LogP contribution in [0, 0.1) is 13.7 Å². The molecular formula is C5H2BrIN2O2. The topological polar surface area (TPSA) is 56.0 Å². The summed E-state index contributed by atoms with van der Waals surface area (Å²) >= 11 is 5.05. The predicted molar refractivity (Wildman–Crippen MR) is 51.3 cm³/mol. The van der Waals surface area contributed by atoms with Crippen LogP contribution in [0.1, 0.15) is 0 Å². The zero-order chi connectivity index (χ0) is 8.43. The fourth-order valence-electron chi connectivity index (χ4n) is 0.546. The van der Waals surface area contributed by atoms with E-state index in [0.29, 0.717) is 4.60 Å². The van der Waals surface area contributed by atoms with Gasteiger partial charge in [0.25, 0.3) is 0 Å². The van der Waals surface area contributed by atoms with E-state index in [-0.39, 0.29) is 5.82 Å². The van der Waals surface area contributed by atoms with E-state index in [9.17, 15) is 10.1 Å². The van der Waals surface area contributed by atoms with Crippen molar-refractivity contribution in [1.82, 2.24) is 4.98 Å². The molecule has 0 bridgehead atoms. The van der Waals surface area contributed by atoms with E-state index in [1.807, 2.05) is 22.6 Å². The van der Waals surface area contributed by atoms with Gasteiger partial charge in [-0.2, -0.15) is 0 Å². The van der Waals surface area contributed by atoms with E-state index in [4.69, 9.17) is 0 Å². The molecule has 58 valence electrons. The van der Waals surface area contributed by atoms with Gasteiger partial charge in [-0.3, -0.25) is 0 Å². The van der Waals surface area contributed by atoms with Gasteiger partial charge in [-0.05, 0) is 32.5 Å². The van der Waals surface area contributed by atoms with Crippen LogP contribution in [-0.2, 0) is 0 Å². The summed E-state index contributed by atoms with van der Waals surface area (Å²) in [5.41, 5.74) is 0. The highest BCUT2D eigenvalue weighted by atomic mass is 127. The summed E-state index contributed by atoms with van der Waals surface area (Å²) in [6.45, 7) is 0. The van der Waals surface area contributed by atoms with Crippen LogP contribution in [0.15, 0.2) is 16.7 Å². The molecule has 0 radical (unpaired) electrons. The molecule has 1 rings (SSSR count). The number of hydrogen-bond donors (Lipinski definition) is 0. The van der Waals surface area contributed by atoms with E-state index in [2.05, 4.69) is 20.9 Å². The second-order valence-electron chi connectivity index (χ2n) is 1.72. The second-order valence-corrected chi connectivity index (χ2v) is 3.78. The zero-order valence-electron chi connectivity index (χ0n) is 5.12. The molecule has 0 N–H and O–H groups in total. The van der Waals surface area contributed by atoms with Crippen molar-refractivity contribution in [2.24, 2.45) is 0 Å². The molecule has 11 heavy (non-hydrogen) atoms. The minimum absolute atomic E-state index is 0.135. The highest BCUT2D eigenvalue weighted by Crippen LogP contribution is 2.17. The lowest BCUT2D eigenvalue weighted by Crippen LogP contribution is -1.92. The van der Waals surface area contributed by atoms with Gasteiger partial charge in [0.1, 0.15) is 0 Å². The predicted octanol–water partition coefficient (Wildman–Crippen LogP) is 2.36. The molecule has 0 aliphatic rings. The van der Waals surface area contributed by atoms with E-state index < -0.39 is 4.92 Å². The minimum Gasteiger partial charge on any atom is -0.358 e. The molecule has 0 spiro atoms. The first-order valence-electron chi connectivity index (χ1n) is 2.57. The summed E-state index contributed by atoms with van der Waals surface area (Å²) in [7, 11) is 0. The smallest absolute Gasteiger partial charge is 0.358 e. The molecule has 1 heterocycles. The summed E-state index contributed by atoms with van der Waals surface area (Å²) in [6.07, 6.45) is 0. The number of nitro groups is 1. The third-order valence-electron chi connectivity index (χ3n) is 0.932. The molecule has 1 aromatic rings. The first kappa shape index (κ1) is 8.85. The molecule has 0 atom stereocenters. The number of aromatic nitrogens is 1. The fourth-order valence-corrected chi connectivity index (χ4v) is 1.98. The number of halogens is 2. The first-order valence-corrected chi connectivity index (χ1v) is 4.44. The molecule has 0 aliphatic carbocycles. The summed E-state index contributed by atoms with van der Waals surface area (Å²) in [6, 6.07) is 3.11. The summed E-state index contributed by atoms with van der Waals surface area (Å²) < 4.78 is 1.27. The van der Waals surface area contributed by atoms with Crippen molar-refractivity contribution in [2.45, 2.75) is 0 Å². The lowest BCUT2D eigenvalue weighted by Gasteiger charge is -1.92. The Labute approximate surface area is 84.4 Å². The van der Waals surface area contributed by atoms with Crippen LogP contribution in [0.3, 0.4) is 0 Å². The Morgan fingerprint density at radius 1 is 1.64 bits per heavy atom. The molecule has 0 aliphatic heterocycles. The van der Waals surface area contributed by atoms with Crippen molar-refractivity contribution < 1.29 is 4.92 Å². The maximum absolute atomic E-state index is 10.2. The van der Waals surface area contributed by atoms with Crippen molar-refractivity contribution in [3.8, 4) is 0 Å². The third-order valence-corrected chi connectivity index (χ3v) is 1.96. The Morgan fingerprint density at radius 2 is 2.27 bits per heavy atom. The van der Waals surface area contributed by atoms with Gasteiger partial charge < -0.3 is 10.1 Å². The zero-order valence-corrected chi connectivity index (χ0v) is 8.87. The van der Waals surface area contributed by atoms with Gasteiger partial charge in [-0.25, -0.2) is 0 Å². The van der Waals surface area contributed by atoms with Crippen molar-refractivity contribution >= 4 is 44.3 Å². The van der Waals surface area contributed by atoms with E-state index in [1.165, 1.54) is 6.07 Å². The monoisotopic (exact) mass is 328 g/mol. The number of rotatable bonds is 1.